The van der Waals surface area contributed by atoms with Crippen molar-refractivity contribution in [2.75, 3.05) is 13.7 Å². The molecular formula is C34H45N3O6. The minimum atomic E-state index is -0.805. The number of nitrogens with zero attached hydrogens (tertiary/aromatic N) is 1. The summed E-state index contributed by atoms with van der Waals surface area (Å²) in [6.07, 6.45) is 11.2. The Labute approximate surface area is 254 Å². The summed E-state index contributed by atoms with van der Waals surface area (Å²) in [5.74, 6) is -0.476. The summed E-state index contributed by atoms with van der Waals surface area (Å²) in [6, 6.07) is 5.29. The molecule has 232 valence electrons. The van der Waals surface area contributed by atoms with E-state index < -0.39 is 16.9 Å². The van der Waals surface area contributed by atoms with Crippen LogP contribution in [0.2, 0.25) is 0 Å². The van der Waals surface area contributed by atoms with E-state index in [0.29, 0.717) is 38.0 Å². The van der Waals surface area contributed by atoms with Crippen LogP contribution in [0.4, 0.5) is 0 Å². The van der Waals surface area contributed by atoms with Crippen molar-refractivity contribution in [2.45, 2.75) is 109 Å². The number of carbonyl (C=O) groups excluding carboxylic acids is 2. The molecule has 1 spiro atoms. The van der Waals surface area contributed by atoms with Crippen molar-refractivity contribution in [3.63, 3.8) is 0 Å². The van der Waals surface area contributed by atoms with E-state index in [4.69, 9.17) is 9.47 Å². The highest BCUT2D eigenvalue weighted by atomic mass is 16.5. The van der Waals surface area contributed by atoms with Gasteiger partial charge in [0.15, 0.2) is 0 Å². The number of aliphatic carboxylic acids is 1. The van der Waals surface area contributed by atoms with Gasteiger partial charge in [0, 0.05) is 12.6 Å². The number of carboxylic acid groups (broad SMARTS) is 1. The molecule has 2 amide bonds. The van der Waals surface area contributed by atoms with Crippen LogP contribution in [0, 0.1) is 39.4 Å². The second-order valence-corrected chi connectivity index (χ2v) is 14.7. The van der Waals surface area contributed by atoms with Crippen LogP contribution in [-0.4, -0.2) is 48.2 Å². The Bertz CT molecular complexity index is 1350. The fourth-order valence-corrected chi connectivity index (χ4v) is 9.04. The standard InChI is InChI=1S/C34H45N3O6/c1-31(9-4-10-31)20-36-29(39)27-21-5-13-33(14-6-21)15-16-34(27,33)37-28(38)24-18-25(22(19-35)17-26(24)42-3)43-23-7-11-32(2,12-8-23)30(40)41/h17-18,21,23,27H,4-16,20H2,1-3H3,(H,36,39)(H,37,38)(H,40,41)/t21?,23?,27-,32?,33?,34?/m0/s1. The number of carbonyl (C=O) groups is 3. The third kappa shape index (κ3) is 4.85. The van der Waals surface area contributed by atoms with Gasteiger partial charge in [0.1, 0.15) is 17.6 Å². The molecule has 0 aliphatic heterocycles. The van der Waals surface area contributed by atoms with Crippen LogP contribution in [0.25, 0.3) is 0 Å². The first-order valence-corrected chi connectivity index (χ1v) is 16.1. The largest absolute Gasteiger partial charge is 0.496 e. The molecule has 0 saturated heterocycles. The third-order valence-electron chi connectivity index (χ3n) is 12.3. The molecular weight excluding hydrogens is 546 g/mol. The Hall–Kier alpha value is -3.28. The van der Waals surface area contributed by atoms with Crippen molar-refractivity contribution in [2.24, 2.45) is 28.1 Å². The lowest BCUT2D eigenvalue weighted by atomic mass is 9.37. The highest BCUT2D eigenvalue weighted by molar-refractivity contribution is 5.99. The Kier molecular flexibility index (Phi) is 7.42. The van der Waals surface area contributed by atoms with Crippen molar-refractivity contribution >= 4 is 17.8 Å². The molecule has 6 aliphatic rings. The van der Waals surface area contributed by atoms with E-state index in [-0.39, 0.29) is 57.5 Å². The molecule has 9 heteroatoms. The molecule has 1 aromatic carbocycles. The molecule has 1 unspecified atom stereocenters. The van der Waals surface area contributed by atoms with Crippen molar-refractivity contribution in [3.05, 3.63) is 23.3 Å². The number of amides is 2. The van der Waals surface area contributed by atoms with Crippen LogP contribution in [0.3, 0.4) is 0 Å². The van der Waals surface area contributed by atoms with Crippen molar-refractivity contribution < 1.29 is 29.0 Å². The average Bonchev–Trinajstić information content (AvgIpc) is 2.98. The molecule has 2 bridgehead atoms. The molecule has 9 nitrogen and oxygen atoms in total. The van der Waals surface area contributed by atoms with E-state index in [0.717, 1.165) is 51.4 Å². The van der Waals surface area contributed by atoms with E-state index in [9.17, 15) is 24.8 Å². The van der Waals surface area contributed by atoms with E-state index in [1.165, 1.54) is 13.5 Å². The third-order valence-corrected chi connectivity index (χ3v) is 12.3. The summed E-state index contributed by atoms with van der Waals surface area (Å²) in [7, 11) is 1.48. The van der Waals surface area contributed by atoms with Crippen molar-refractivity contribution in [3.8, 4) is 17.6 Å². The molecule has 0 heterocycles. The number of hydrogen-bond donors (Lipinski definition) is 3. The van der Waals surface area contributed by atoms with E-state index in [2.05, 4.69) is 23.6 Å². The number of hydrogen-bond acceptors (Lipinski definition) is 6. The van der Waals surface area contributed by atoms with Gasteiger partial charge in [-0.2, -0.15) is 5.26 Å². The minimum Gasteiger partial charge on any atom is -0.496 e. The molecule has 0 aromatic heterocycles. The van der Waals surface area contributed by atoms with Gasteiger partial charge in [-0.05, 0) is 107 Å². The average molecular weight is 592 g/mol. The summed E-state index contributed by atoms with van der Waals surface area (Å²) in [5, 5.41) is 26.2. The smallest absolute Gasteiger partial charge is 0.309 e. The predicted molar refractivity (Wildman–Crippen MR) is 159 cm³/mol. The summed E-state index contributed by atoms with van der Waals surface area (Å²) < 4.78 is 11.9. The normalized spacial score (nSPS) is 35.3. The Morgan fingerprint density at radius 3 is 2.21 bits per heavy atom. The first kappa shape index (κ1) is 29.8. The number of carboxylic acids is 1. The van der Waals surface area contributed by atoms with Crippen molar-refractivity contribution in [1.29, 1.82) is 5.26 Å². The molecule has 7 rings (SSSR count). The van der Waals surface area contributed by atoms with Gasteiger partial charge in [-0.15, -0.1) is 0 Å². The summed E-state index contributed by atoms with van der Waals surface area (Å²) in [4.78, 5) is 39.7. The summed E-state index contributed by atoms with van der Waals surface area (Å²) in [6.45, 7) is 4.68. The van der Waals surface area contributed by atoms with Gasteiger partial charge >= 0.3 is 5.97 Å². The lowest BCUT2D eigenvalue weighted by Crippen LogP contribution is -2.77. The number of methoxy groups -OCH3 is 1. The van der Waals surface area contributed by atoms with Crippen LogP contribution in [-0.2, 0) is 9.59 Å². The van der Waals surface area contributed by atoms with Gasteiger partial charge < -0.3 is 25.2 Å². The monoisotopic (exact) mass is 591 g/mol. The molecule has 6 fully saturated rings. The summed E-state index contributed by atoms with van der Waals surface area (Å²) >= 11 is 0. The zero-order valence-electron chi connectivity index (χ0n) is 25.7. The quantitative estimate of drug-likeness (QED) is 0.352. The number of benzene rings is 1. The number of ether oxygens (including phenoxy) is 2. The lowest BCUT2D eigenvalue weighted by Gasteiger charge is -2.70. The highest BCUT2D eigenvalue weighted by Crippen LogP contribution is 2.69. The van der Waals surface area contributed by atoms with Crippen LogP contribution in [0.1, 0.15) is 113 Å². The Balaban J connectivity index is 1.25. The zero-order chi connectivity index (χ0) is 30.6. The Morgan fingerprint density at radius 2 is 1.67 bits per heavy atom. The second-order valence-electron chi connectivity index (χ2n) is 14.7. The van der Waals surface area contributed by atoms with Crippen LogP contribution < -0.4 is 20.1 Å². The number of nitriles is 1. The van der Waals surface area contributed by atoms with Gasteiger partial charge in [-0.1, -0.05) is 13.3 Å². The van der Waals surface area contributed by atoms with Gasteiger partial charge in [-0.25, -0.2) is 0 Å². The van der Waals surface area contributed by atoms with Crippen molar-refractivity contribution in [1.82, 2.24) is 10.6 Å². The molecule has 2 atom stereocenters. The topological polar surface area (TPSA) is 138 Å². The van der Waals surface area contributed by atoms with Crippen LogP contribution >= 0.6 is 0 Å². The number of fused-ring (bicyclic) bond motifs is 2. The van der Waals surface area contributed by atoms with E-state index in [1.807, 2.05) is 0 Å². The number of nitrogens with one attached hydrogen (secondary N) is 2. The first-order valence-electron chi connectivity index (χ1n) is 16.1. The molecule has 3 N–H and O–H groups in total. The molecule has 6 saturated carbocycles. The van der Waals surface area contributed by atoms with Gasteiger partial charge in [0.05, 0.1) is 41.2 Å². The predicted octanol–water partition coefficient (Wildman–Crippen LogP) is 5.35. The zero-order valence-corrected chi connectivity index (χ0v) is 25.7. The molecule has 0 radical (unpaired) electrons. The second kappa shape index (κ2) is 10.7. The maximum atomic E-state index is 14.2. The highest BCUT2D eigenvalue weighted by Gasteiger charge is 2.70. The fraction of sp³-hybridized carbons (Fsp3) is 0.706. The summed E-state index contributed by atoms with van der Waals surface area (Å²) in [5.41, 5.74) is -0.733. The van der Waals surface area contributed by atoms with E-state index in [1.54, 1.807) is 19.1 Å². The van der Waals surface area contributed by atoms with E-state index >= 15 is 0 Å². The Morgan fingerprint density at radius 1 is 0.977 bits per heavy atom. The lowest BCUT2D eigenvalue weighted by molar-refractivity contribution is -0.179. The van der Waals surface area contributed by atoms with Gasteiger partial charge in [-0.3, -0.25) is 14.4 Å². The number of rotatable bonds is 9. The SMILES string of the molecule is COc1cc(C#N)c(OC2CCC(C)(C(=O)O)CC2)cc1C(=O)NC12CCC13CCC(CC3)[C@H]2C(=O)NCC1(C)CCC1. The van der Waals surface area contributed by atoms with Gasteiger partial charge in [0.25, 0.3) is 5.91 Å². The first-order chi connectivity index (χ1) is 20.5. The minimum absolute atomic E-state index is 0.0716. The van der Waals surface area contributed by atoms with Gasteiger partial charge in [0.2, 0.25) is 5.91 Å². The molecule has 1 aromatic rings. The maximum Gasteiger partial charge on any atom is 0.309 e. The van der Waals surface area contributed by atoms with Crippen LogP contribution in [0.5, 0.6) is 11.5 Å². The van der Waals surface area contributed by atoms with Crippen LogP contribution in [0.15, 0.2) is 12.1 Å². The molecule has 6 aliphatic carbocycles. The molecule has 43 heavy (non-hydrogen) atoms. The fourth-order valence-electron chi connectivity index (χ4n) is 9.04. The maximum absolute atomic E-state index is 14.2.